The van der Waals surface area contributed by atoms with Gasteiger partial charge in [-0.2, -0.15) is 0 Å². The molecule has 2 heteroatoms. The lowest BCUT2D eigenvalue weighted by Crippen LogP contribution is -1.84. The average Bonchev–Trinajstić information content (AvgIpc) is 2.43. The maximum absolute atomic E-state index is 10.2. The number of rotatable bonds is 15. The number of allylic oxidation sites excluding steroid dienone is 1. The number of hydrogen-bond acceptors (Lipinski definition) is 1. The third kappa shape index (κ3) is 17.4. The molecule has 0 amide bonds. The summed E-state index contributed by atoms with van der Waals surface area (Å²) in [5.41, 5.74) is 0. The maximum atomic E-state index is 10.2. The van der Waals surface area contributed by atoms with Crippen LogP contribution in [0.1, 0.15) is 89.9 Å². The fraction of sp³-hybridized carbons (Fsp3) is 0.882. The topological polar surface area (TPSA) is 37.0 Å². The lowest BCUT2D eigenvalue weighted by molar-refractivity contribution is 0.186. The number of carbonyl (C=O) groups excluding carboxylic acids is 1. The van der Waals surface area contributed by atoms with Gasteiger partial charge in [0.05, 0.1) is 6.61 Å². The summed E-state index contributed by atoms with van der Waals surface area (Å²) in [7, 11) is 0. The van der Waals surface area contributed by atoms with Gasteiger partial charge >= 0.3 is 0 Å². The average molecular weight is 267 g/mol. The molecular weight excluding hydrogens is 236 g/mol. The standard InChI is InChI=1S/C17H31O2/c18-16-14-12-10-8-6-4-2-1-3-5-7-9-11-13-15-17-19/h14H,1-13,15,17H2. The Bertz CT molecular complexity index is 207. The van der Waals surface area contributed by atoms with Crippen LogP contribution in [0, 0.1) is 0 Å². The summed E-state index contributed by atoms with van der Waals surface area (Å²) in [6.07, 6.45) is 18.9. The molecule has 2 nitrogen and oxygen atoms in total. The monoisotopic (exact) mass is 267 g/mol. The third-order valence-corrected chi connectivity index (χ3v) is 3.58. The Hall–Kier alpha value is -0.590. The SMILES string of the molecule is [O]CCCCCCCCCCCCCCCC=C=O. The summed E-state index contributed by atoms with van der Waals surface area (Å²) < 4.78 is 0. The quantitative estimate of drug-likeness (QED) is 0.294. The molecule has 0 aromatic heterocycles. The van der Waals surface area contributed by atoms with Crippen LogP contribution >= 0.6 is 0 Å². The number of hydrogen-bond donors (Lipinski definition) is 0. The minimum Gasteiger partial charge on any atom is -0.237 e. The van der Waals surface area contributed by atoms with E-state index in [4.69, 9.17) is 0 Å². The van der Waals surface area contributed by atoms with E-state index in [1.165, 1.54) is 64.2 Å². The van der Waals surface area contributed by atoms with Crippen LogP contribution in [-0.4, -0.2) is 12.5 Å². The second kappa shape index (κ2) is 17.4. The van der Waals surface area contributed by atoms with E-state index in [2.05, 4.69) is 0 Å². The van der Waals surface area contributed by atoms with Gasteiger partial charge in [0.25, 0.3) is 0 Å². The summed E-state index contributed by atoms with van der Waals surface area (Å²) >= 11 is 0. The third-order valence-electron chi connectivity index (χ3n) is 3.58. The van der Waals surface area contributed by atoms with Gasteiger partial charge < -0.3 is 0 Å². The van der Waals surface area contributed by atoms with E-state index in [1.54, 1.807) is 6.08 Å². The number of unbranched alkanes of at least 4 members (excludes halogenated alkanes) is 13. The zero-order valence-electron chi connectivity index (χ0n) is 12.5. The Balaban J connectivity index is 2.93. The van der Waals surface area contributed by atoms with Gasteiger partial charge in [-0.25, -0.2) is 9.90 Å². The van der Waals surface area contributed by atoms with Crippen molar-refractivity contribution in [3.63, 3.8) is 0 Å². The van der Waals surface area contributed by atoms with E-state index >= 15 is 0 Å². The molecule has 0 spiro atoms. The van der Waals surface area contributed by atoms with Crippen LogP contribution in [0.3, 0.4) is 0 Å². The first-order valence-electron chi connectivity index (χ1n) is 8.19. The Morgan fingerprint density at radius 1 is 0.579 bits per heavy atom. The molecule has 0 heterocycles. The predicted octanol–water partition coefficient (Wildman–Crippen LogP) is 5.27. The fourth-order valence-electron chi connectivity index (χ4n) is 2.35. The molecule has 0 atom stereocenters. The van der Waals surface area contributed by atoms with Crippen molar-refractivity contribution < 1.29 is 9.90 Å². The molecule has 0 aliphatic heterocycles. The van der Waals surface area contributed by atoms with Crippen LogP contribution in [-0.2, 0) is 9.90 Å². The first kappa shape index (κ1) is 18.4. The van der Waals surface area contributed by atoms with Gasteiger partial charge in [-0.05, 0) is 25.3 Å². The summed E-state index contributed by atoms with van der Waals surface area (Å²) in [5, 5.41) is 10.2. The summed E-state index contributed by atoms with van der Waals surface area (Å²) in [6, 6.07) is 0. The highest BCUT2D eigenvalue weighted by Gasteiger charge is 1.93. The summed E-state index contributed by atoms with van der Waals surface area (Å²) in [5.74, 6) is 1.82. The van der Waals surface area contributed by atoms with Gasteiger partial charge in [0.1, 0.15) is 5.94 Å². The molecule has 0 aromatic rings. The van der Waals surface area contributed by atoms with Crippen LogP contribution in [0.25, 0.3) is 0 Å². The molecule has 0 unspecified atom stereocenters. The zero-order valence-corrected chi connectivity index (χ0v) is 12.5. The molecule has 0 N–H and O–H groups in total. The largest absolute Gasteiger partial charge is 0.237 e. The molecule has 0 saturated carbocycles. The van der Waals surface area contributed by atoms with Crippen LogP contribution in [0.5, 0.6) is 0 Å². The van der Waals surface area contributed by atoms with Crippen LogP contribution < -0.4 is 0 Å². The molecule has 1 radical (unpaired) electrons. The minimum atomic E-state index is 0.103. The Labute approximate surface area is 119 Å². The van der Waals surface area contributed by atoms with E-state index in [0.717, 1.165) is 25.7 Å². The van der Waals surface area contributed by atoms with Crippen LogP contribution in [0.15, 0.2) is 6.08 Å². The lowest BCUT2D eigenvalue weighted by Gasteiger charge is -2.02. The second-order valence-electron chi connectivity index (χ2n) is 5.41. The van der Waals surface area contributed by atoms with Crippen molar-refractivity contribution in [3.8, 4) is 0 Å². The van der Waals surface area contributed by atoms with Crippen LogP contribution in [0.4, 0.5) is 0 Å². The van der Waals surface area contributed by atoms with Crippen molar-refractivity contribution in [3.05, 3.63) is 6.08 Å². The van der Waals surface area contributed by atoms with Gasteiger partial charge in [-0.1, -0.05) is 70.6 Å². The molecule has 0 aromatic carbocycles. The molecule has 19 heavy (non-hydrogen) atoms. The van der Waals surface area contributed by atoms with Crippen LogP contribution in [0.2, 0.25) is 0 Å². The van der Waals surface area contributed by atoms with Gasteiger partial charge in [0, 0.05) is 0 Å². The van der Waals surface area contributed by atoms with Crippen molar-refractivity contribution >= 4 is 5.94 Å². The van der Waals surface area contributed by atoms with E-state index in [1.807, 2.05) is 5.94 Å². The van der Waals surface area contributed by atoms with Crippen molar-refractivity contribution in [2.24, 2.45) is 0 Å². The molecule has 0 rings (SSSR count). The van der Waals surface area contributed by atoms with E-state index in [9.17, 15) is 9.90 Å². The molecule has 0 fully saturated rings. The molecule has 0 saturated heterocycles. The van der Waals surface area contributed by atoms with Crippen molar-refractivity contribution in [2.75, 3.05) is 6.61 Å². The van der Waals surface area contributed by atoms with Gasteiger partial charge in [0.2, 0.25) is 0 Å². The van der Waals surface area contributed by atoms with Gasteiger partial charge in [-0.15, -0.1) is 0 Å². The molecule has 111 valence electrons. The van der Waals surface area contributed by atoms with Crippen molar-refractivity contribution in [2.45, 2.75) is 89.9 Å². The minimum absolute atomic E-state index is 0.103. The molecule has 0 aliphatic rings. The first-order valence-corrected chi connectivity index (χ1v) is 8.19. The van der Waals surface area contributed by atoms with E-state index in [-0.39, 0.29) is 6.61 Å². The first-order chi connectivity index (χ1) is 9.41. The highest BCUT2D eigenvalue weighted by molar-refractivity contribution is 5.44. The van der Waals surface area contributed by atoms with Crippen molar-refractivity contribution in [1.82, 2.24) is 0 Å². The summed E-state index contributed by atoms with van der Waals surface area (Å²) in [6.45, 7) is 0.103. The molecule has 0 aliphatic carbocycles. The zero-order chi connectivity index (χ0) is 14.0. The van der Waals surface area contributed by atoms with E-state index < -0.39 is 0 Å². The van der Waals surface area contributed by atoms with Gasteiger partial charge in [0.15, 0.2) is 0 Å². The van der Waals surface area contributed by atoms with Crippen molar-refractivity contribution in [1.29, 1.82) is 0 Å². The highest BCUT2D eigenvalue weighted by Crippen LogP contribution is 2.12. The Morgan fingerprint density at radius 2 is 0.947 bits per heavy atom. The normalized spacial score (nSPS) is 10.4. The second-order valence-corrected chi connectivity index (χ2v) is 5.41. The Kier molecular flexibility index (Phi) is 16.9. The molecular formula is C17H31O2. The van der Waals surface area contributed by atoms with E-state index in [0.29, 0.717) is 0 Å². The fourth-order valence-corrected chi connectivity index (χ4v) is 2.35. The summed E-state index contributed by atoms with van der Waals surface area (Å²) in [4.78, 5) is 9.94. The maximum Gasteiger partial charge on any atom is 0.120 e. The smallest absolute Gasteiger partial charge is 0.120 e. The van der Waals surface area contributed by atoms with Gasteiger partial charge in [-0.3, -0.25) is 0 Å². The predicted molar refractivity (Wildman–Crippen MR) is 80.5 cm³/mol. The highest BCUT2D eigenvalue weighted by atomic mass is 16.2. The molecule has 0 bridgehead atoms. The Morgan fingerprint density at radius 3 is 1.32 bits per heavy atom. The lowest BCUT2D eigenvalue weighted by atomic mass is 10.0.